The monoisotopic (exact) mass is 366 g/mol. The van der Waals surface area contributed by atoms with Crippen LogP contribution in [0.5, 0.6) is 0 Å². The van der Waals surface area contributed by atoms with Crippen LogP contribution in [0.15, 0.2) is 84.9 Å². The van der Waals surface area contributed by atoms with Crippen LogP contribution < -0.4 is 4.46 Å². The van der Waals surface area contributed by atoms with Gasteiger partial charge in [0.1, 0.15) is 0 Å². The molecular formula is C21H18OSe. The second kappa shape index (κ2) is 7.41. The first-order valence-corrected chi connectivity index (χ1v) is 9.50. The molecule has 3 aromatic carbocycles. The van der Waals surface area contributed by atoms with E-state index in [1.165, 1.54) is 10.0 Å². The third-order valence-electron chi connectivity index (χ3n) is 3.70. The molecule has 0 amide bonds. The zero-order valence-corrected chi connectivity index (χ0v) is 14.7. The molecule has 0 spiro atoms. The van der Waals surface area contributed by atoms with Crippen molar-refractivity contribution in [3.8, 4) is 11.1 Å². The van der Waals surface area contributed by atoms with Crippen LogP contribution in [0.4, 0.5) is 0 Å². The Morgan fingerprint density at radius 2 is 1.26 bits per heavy atom. The molecule has 0 radical (unpaired) electrons. The van der Waals surface area contributed by atoms with Crippen LogP contribution in [0.25, 0.3) is 11.1 Å². The number of hydrogen-bond acceptors (Lipinski definition) is 1. The second-order valence-electron chi connectivity index (χ2n) is 5.38. The van der Waals surface area contributed by atoms with Gasteiger partial charge >= 0.3 is 143 Å². The average molecular weight is 365 g/mol. The summed E-state index contributed by atoms with van der Waals surface area (Å²) < 4.78 is 1.27. The predicted molar refractivity (Wildman–Crippen MR) is 97.5 cm³/mol. The summed E-state index contributed by atoms with van der Waals surface area (Å²) in [7, 11) is 0. The molecule has 114 valence electrons. The average Bonchev–Trinajstić information content (AvgIpc) is 2.63. The Morgan fingerprint density at radius 1 is 0.739 bits per heavy atom. The fraction of sp³-hybridized carbons (Fsp3) is 0.0952. The van der Waals surface area contributed by atoms with Gasteiger partial charge in [-0.1, -0.05) is 0 Å². The Hall–Kier alpha value is -2.15. The normalized spacial score (nSPS) is 11.9. The fourth-order valence-corrected chi connectivity index (χ4v) is 4.47. The van der Waals surface area contributed by atoms with Crippen LogP contribution in [0.3, 0.4) is 0 Å². The molecule has 0 aliphatic heterocycles. The third kappa shape index (κ3) is 3.98. The first-order chi connectivity index (χ1) is 11.2. The van der Waals surface area contributed by atoms with Gasteiger partial charge in [-0.3, -0.25) is 0 Å². The van der Waals surface area contributed by atoms with Gasteiger partial charge in [0.25, 0.3) is 0 Å². The number of hydrogen-bond donors (Lipinski definition) is 0. The zero-order chi connectivity index (χ0) is 16.1. The van der Waals surface area contributed by atoms with Gasteiger partial charge < -0.3 is 0 Å². The van der Waals surface area contributed by atoms with E-state index < -0.39 is 0 Å². The first-order valence-electron chi connectivity index (χ1n) is 7.65. The van der Waals surface area contributed by atoms with Gasteiger partial charge in [0, 0.05) is 0 Å². The predicted octanol–water partition coefficient (Wildman–Crippen LogP) is 4.37. The molecule has 1 unspecified atom stereocenters. The summed E-state index contributed by atoms with van der Waals surface area (Å²) in [6.07, 6.45) is 0. The molecule has 0 bridgehead atoms. The first kappa shape index (κ1) is 15.7. The summed E-state index contributed by atoms with van der Waals surface area (Å²) in [5.74, 6) is 0.230. The van der Waals surface area contributed by atoms with E-state index in [-0.39, 0.29) is 25.6 Å². The van der Waals surface area contributed by atoms with Gasteiger partial charge in [-0.05, 0) is 0 Å². The summed E-state index contributed by atoms with van der Waals surface area (Å²) in [4.78, 5) is 12.7. The van der Waals surface area contributed by atoms with Crippen molar-refractivity contribution in [2.24, 2.45) is 0 Å². The van der Waals surface area contributed by atoms with Gasteiger partial charge in [0.05, 0.1) is 0 Å². The number of benzene rings is 3. The summed E-state index contributed by atoms with van der Waals surface area (Å²) in [5, 5.41) is 0. The molecule has 3 aromatic rings. The van der Waals surface area contributed by atoms with Crippen molar-refractivity contribution in [3.63, 3.8) is 0 Å². The van der Waals surface area contributed by atoms with E-state index in [1.807, 2.05) is 67.6 Å². The summed E-state index contributed by atoms with van der Waals surface area (Å²) >= 11 is 0.163. The molecule has 0 aliphatic carbocycles. The molecule has 1 nitrogen and oxygen atoms in total. The maximum absolute atomic E-state index is 12.6. The second-order valence-corrected chi connectivity index (χ2v) is 8.35. The summed E-state index contributed by atoms with van der Waals surface area (Å²) in [6, 6.07) is 28.5. The number of Topliss-reactive ketones (excluding diaryl/α,β-unsaturated/α-hetero) is 1. The van der Waals surface area contributed by atoms with Gasteiger partial charge in [0.15, 0.2) is 0 Å². The quantitative estimate of drug-likeness (QED) is 0.485. The fourth-order valence-electron chi connectivity index (χ4n) is 2.45. The van der Waals surface area contributed by atoms with Crippen molar-refractivity contribution in [1.82, 2.24) is 0 Å². The molecule has 0 aliphatic rings. The van der Waals surface area contributed by atoms with Crippen LogP contribution in [-0.4, -0.2) is 20.7 Å². The van der Waals surface area contributed by atoms with E-state index in [2.05, 4.69) is 24.3 Å². The van der Waals surface area contributed by atoms with E-state index in [1.54, 1.807) is 0 Å². The number of rotatable bonds is 5. The minimum absolute atomic E-state index is 0.0486. The maximum atomic E-state index is 12.6. The van der Waals surface area contributed by atoms with Crippen molar-refractivity contribution in [2.45, 2.75) is 11.7 Å². The Kier molecular flexibility index (Phi) is 5.07. The van der Waals surface area contributed by atoms with Gasteiger partial charge in [-0.15, -0.1) is 0 Å². The summed E-state index contributed by atoms with van der Waals surface area (Å²) in [5.41, 5.74) is 3.12. The van der Waals surface area contributed by atoms with Crippen molar-refractivity contribution in [1.29, 1.82) is 0 Å². The molecule has 1 atom stereocenters. The molecule has 23 heavy (non-hydrogen) atoms. The van der Waals surface area contributed by atoms with Crippen molar-refractivity contribution < 1.29 is 4.79 Å². The molecule has 0 saturated heterocycles. The zero-order valence-electron chi connectivity index (χ0n) is 13.0. The number of carbonyl (C=O) groups is 1. The molecule has 0 N–H and O–H groups in total. The van der Waals surface area contributed by atoms with E-state index in [0.717, 1.165) is 11.1 Å². The van der Waals surface area contributed by atoms with Gasteiger partial charge in [-0.25, -0.2) is 0 Å². The Bertz CT molecular complexity index is 764. The van der Waals surface area contributed by atoms with Crippen LogP contribution in [0, 0.1) is 0 Å². The van der Waals surface area contributed by atoms with Crippen LogP contribution in [0.2, 0.25) is 4.82 Å². The van der Waals surface area contributed by atoms with E-state index in [0.29, 0.717) is 0 Å². The van der Waals surface area contributed by atoms with E-state index >= 15 is 0 Å². The van der Waals surface area contributed by atoms with E-state index in [9.17, 15) is 4.79 Å². The summed E-state index contributed by atoms with van der Waals surface area (Å²) in [6.45, 7) is 2.03. The SMILES string of the molecule is CC([Se]c1ccccc1)C(=O)c1ccc(-c2ccccc2)cc1. The van der Waals surface area contributed by atoms with Crippen molar-refractivity contribution in [3.05, 3.63) is 90.5 Å². The molecule has 0 fully saturated rings. The third-order valence-corrected chi connectivity index (χ3v) is 6.03. The molecule has 3 rings (SSSR count). The Labute approximate surface area is 143 Å². The number of ketones is 1. The standard InChI is InChI=1S/C21H18OSe/c1-16(23-20-10-6-3-7-11-20)21(22)19-14-12-18(13-15-19)17-8-4-2-5-9-17/h2-16H,1H3. The Morgan fingerprint density at radius 3 is 1.87 bits per heavy atom. The van der Waals surface area contributed by atoms with Gasteiger partial charge in [0.2, 0.25) is 0 Å². The molecular weight excluding hydrogens is 347 g/mol. The molecule has 2 heteroatoms. The van der Waals surface area contributed by atoms with E-state index in [4.69, 9.17) is 0 Å². The molecule has 0 heterocycles. The van der Waals surface area contributed by atoms with Crippen molar-refractivity contribution >= 4 is 25.2 Å². The topological polar surface area (TPSA) is 17.1 Å². The Balaban J connectivity index is 1.72. The van der Waals surface area contributed by atoms with Crippen LogP contribution in [0.1, 0.15) is 17.3 Å². The van der Waals surface area contributed by atoms with Gasteiger partial charge in [-0.2, -0.15) is 0 Å². The molecule has 0 aromatic heterocycles. The number of carbonyl (C=O) groups excluding carboxylic acids is 1. The van der Waals surface area contributed by atoms with Crippen LogP contribution >= 0.6 is 0 Å². The van der Waals surface area contributed by atoms with Crippen molar-refractivity contribution in [2.75, 3.05) is 0 Å². The van der Waals surface area contributed by atoms with Crippen LogP contribution in [-0.2, 0) is 0 Å². The minimum atomic E-state index is 0.0486. The molecule has 0 saturated carbocycles.